The van der Waals surface area contributed by atoms with Gasteiger partial charge in [0.15, 0.2) is 0 Å². The predicted octanol–water partition coefficient (Wildman–Crippen LogP) is 2.04. The van der Waals surface area contributed by atoms with Crippen molar-refractivity contribution in [2.24, 2.45) is 0 Å². The normalized spacial score (nSPS) is 24.1. The Hall–Kier alpha value is -1.06. The number of benzene rings is 1. The number of methoxy groups -OCH3 is 1. The highest BCUT2D eigenvalue weighted by Gasteiger charge is 2.34. The lowest BCUT2D eigenvalue weighted by molar-refractivity contribution is 0.00552. The highest BCUT2D eigenvalue weighted by atomic mass is 16.5. The van der Waals surface area contributed by atoms with Gasteiger partial charge < -0.3 is 15.2 Å². The number of rotatable bonds is 3. The van der Waals surface area contributed by atoms with E-state index in [9.17, 15) is 5.11 Å². The van der Waals surface area contributed by atoms with Gasteiger partial charge in [0.2, 0.25) is 0 Å². The molecule has 2 unspecified atom stereocenters. The third-order valence-corrected chi connectivity index (χ3v) is 3.64. The van der Waals surface area contributed by atoms with Crippen LogP contribution in [0.15, 0.2) is 24.3 Å². The molecule has 3 nitrogen and oxygen atoms in total. The molecule has 0 bridgehead atoms. The lowest BCUT2D eigenvalue weighted by atomic mass is 9.83. The van der Waals surface area contributed by atoms with Gasteiger partial charge in [-0.3, -0.25) is 0 Å². The molecule has 17 heavy (non-hydrogen) atoms. The molecule has 1 aliphatic rings. The van der Waals surface area contributed by atoms with E-state index in [1.54, 1.807) is 7.11 Å². The van der Waals surface area contributed by atoms with Crippen LogP contribution in [0.5, 0.6) is 5.75 Å². The Morgan fingerprint density at radius 1 is 1.41 bits per heavy atom. The van der Waals surface area contributed by atoms with E-state index in [1.165, 1.54) is 12.8 Å². The van der Waals surface area contributed by atoms with Crippen molar-refractivity contribution in [2.75, 3.05) is 13.7 Å². The zero-order chi connectivity index (χ0) is 12.3. The van der Waals surface area contributed by atoms with E-state index in [1.807, 2.05) is 31.2 Å². The summed E-state index contributed by atoms with van der Waals surface area (Å²) in [5.41, 5.74) is 0.0749. The van der Waals surface area contributed by atoms with Crippen molar-refractivity contribution in [3.63, 3.8) is 0 Å². The summed E-state index contributed by atoms with van der Waals surface area (Å²) < 4.78 is 5.21. The van der Waals surface area contributed by atoms with Gasteiger partial charge >= 0.3 is 0 Å². The van der Waals surface area contributed by atoms with Crippen molar-refractivity contribution in [2.45, 2.75) is 37.8 Å². The molecule has 2 N–H and O–H groups in total. The van der Waals surface area contributed by atoms with Crippen molar-refractivity contribution >= 4 is 0 Å². The van der Waals surface area contributed by atoms with Crippen LogP contribution < -0.4 is 10.1 Å². The Labute approximate surface area is 103 Å². The van der Waals surface area contributed by atoms with Crippen LogP contribution in [0, 0.1) is 0 Å². The second-order valence-electron chi connectivity index (χ2n) is 4.88. The van der Waals surface area contributed by atoms with E-state index in [0.29, 0.717) is 0 Å². The number of piperidine rings is 1. The first-order valence-electron chi connectivity index (χ1n) is 6.25. The summed E-state index contributed by atoms with van der Waals surface area (Å²) in [4.78, 5) is 0. The summed E-state index contributed by atoms with van der Waals surface area (Å²) in [5.74, 6) is 0.790. The average molecular weight is 235 g/mol. The van der Waals surface area contributed by atoms with Gasteiger partial charge in [0.1, 0.15) is 11.4 Å². The monoisotopic (exact) mass is 235 g/mol. The maximum absolute atomic E-state index is 10.7. The summed E-state index contributed by atoms with van der Waals surface area (Å²) in [6.07, 6.45) is 3.40. The molecule has 0 aromatic heterocycles. The average Bonchev–Trinajstić information content (AvgIpc) is 2.40. The molecule has 0 spiro atoms. The Morgan fingerprint density at radius 3 is 2.88 bits per heavy atom. The van der Waals surface area contributed by atoms with Crippen LogP contribution >= 0.6 is 0 Å². The predicted molar refractivity (Wildman–Crippen MR) is 68.2 cm³/mol. The fraction of sp³-hybridized carbons (Fsp3) is 0.571. The standard InChI is InChI=1S/C14H21NO2/c1-14(16,13-8-3-4-9-15-13)11-6-5-7-12(10-11)17-2/h5-7,10,13,15-16H,3-4,8-9H2,1-2H3. The summed E-state index contributed by atoms with van der Waals surface area (Å²) in [5, 5.41) is 14.1. The molecule has 1 aromatic carbocycles. The van der Waals surface area contributed by atoms with Crippen LogP contribution in [-0.2, 0) is 5.60 Å². The summed E-state index contributed by atoms with van der Waals surface area (Å²) >= 11 is 0. The van der Waals surface area contributed by atoms with Gasteiger partial charge in [0, 0.05) is 6.04 Å². The topological polar surface area (TPSA) is 41.5 Å². The summed E-state index contributed by atoms with van der Waals surface area (Å²) in [6, 6.07) is 7.82. The molecule has 1 saturated heterocycles. The highest BCUT2D eigenvalue weighted by molar-refractivity contribution is 5.33. The molecular formula is C14H21NO2. The van der Waals surface area contributed by atoms with E-state index in [4.69, 9.17) is 4.74 Å². The molecule has 0 radical (unpaired) electrons. The van der Waals surface area contributed by atoms with Crippen molar-refractivity contribution in [1.29, 1.82) is 0 Å². The van der Waals surface area contributed by atoms with E-state index in [0.717, 1.165) is 24.3 Å². The molecule has 1 fully saturated rings. The molecule has 1 aliphatic heterocycles. The van der Waals surface area contributed by atoms with E-state index < -0.39 is 5.60 Å². The maximum Gasteiger partial charge on any atom is 0.119 e. The Balaban J connectivity index is 2.22. The smallest absolute Gasteiger partial charge is 0.119 e. The van der Waals surface area contributed by atoms with Crippen LogP contribution in [0.2, 0.25) is 0 Å². The third kappa shape index (κ3) is 2.61. The third-order valence-electron chi connectivity index (χ3n) is 3.64. The van der Waals surface area contributed by atoms with Gasteiger partial charge in [-0.1, -0.05) is 18.6 Å². The molecule has 94 valence electrons. The maximum atomic E-state index is 10.7. The molecular weight excluding hydrogens is 214 g/mol. The van der Waals surface area contributed by atoms with E-state index in [2.05, 4.69) is 5.32 Å². The van der Waals surface area contributed by atoms with Gasteiger partial charge in [-0.05, 0) is 44.0 Å². The van der Waals surface area contributed by atoms with Crippen LogP contribution in [0.3, 0.4) is 0 Å². The fourth-order valence-electron chi connectivity index (χ4n) is 2.47. The van der Waals surface area contributed by atoms with Crippen LogP contribution in [-0.4, -0.2) is 24.8 Å². The summed E-state index contributed by atoms with van der Waals surface area (Å²) in [7, 11) is 1.65. The second-order valence-corrected chi connectivity index (χ2v) is 4.88. The van der Waals surface area contributed by atoms with Gasteiger partial charge in [0.25, 0.3) is 0 Å². The zero-order valence-corrected chi connectivity index (χ0v) is 10.6. The van der Waals surface area contributed by atoms with Crippen molar-refractivity contribution in [3.05, 3.63) is 29.8 Å². The molecule has 0 aliphatic carbocycles. The number of aliphatic hydroxyl groups is 1. The minimum Gasteiger partial charge on any atom is -0.497 e. The Morgan fingerprint density at radius 2 is 2.24 bits per heavy atom. The van der Waals surface area contributed by atoms with Crippen LogP contribution in [0.4, 0.5) is 0 Å². The Bertz CT molecular complexity index is 370. The molecule has 2 atom stereocenters. The van der Waals surface area contributed by atoms with Crippen molar-refractivity contribution in [3.8, 4) is 5.75 Å². The first kappa shape index (κ1) is 12.4. The van der Waals surface area contributed by atoms with Crippen molar-refractivity contribution < 1.29 is 9.84 Å². The van der Waals surface area contributed by atoms with Crippen molar-refractivity contribution in [1.82, 2.24) is 5.32 Å². The molecule has 0 amide bonds. The summed E-state index contributed by atoms with van der Waals surface area (Å²) in [6.45, 7) is 2.87. The van der Waals surface area contributed by atoms with Gasteiger partial charge in [-0.15, -0.1) is 0 Å². The second kappa shape index (κ2) is 5.07. The lowest BCUT2D eigenvalue weighted by Crippen LogP contribution is -2.49. The molecule has 3 heteroatoms. The minimum atomic E-state index is -0.838. The first-order chi connectivity index (χ1) is 8.14. The van der Waals surface area contributed by atoms with Gasteiger partial charge in [0.05, 0.1) is 7.11 Å². The quantitative estimate of drug-likeness (QED) is 0.842. The van der Waals surface area contributed by atoms with E-state index >= 15 is 0 Å². The zero-order valence-electron chi connectivity index (χ0n) is 10.6. The Kier molecular flexibility index (Phi) is 3.69. The first-order valence-corrected chi connectivity index (χ1v) is 6.25. The largest absolute Gasteiger partial charge is 0.497 e. The number of nitrogens with one attached hydrogen (secondary N) is 1. The lowest BCUT2D eigenvalue weighted by Gasteiger charge is -2.36. The van der Waals surface area contributed by atoms with Crippen LogP contribution in [0.25, 0.3) is 0 Å². The fourth-order valence-corrected chi connectivity index (χ4v) is 2.47. The van der Waals surface area contributed by atoms with E-state index in [-0.39, 0.29) is 6.04 Å². The highest BCUT2D eigenvalue weighted by Crippen LogP contribution is 2.31. The minimum absolute atomic E-state index is 0.128. The van der Waals surface area contributed by atoms with Gasteiger partial charge in [-0.2, -0.15) is 0 Å². The molecule has 0 saturated carbocycles. The molecule has 1 aromatic rings. The van der Waals surface area contributed by atoms with Gasteiger partial charge in [-0.25, -0.2) is 0 Å². The number of ether oxygens (including phenoxy) is 1. The molecule has 2 rings (SSSR count). The molecule has 1 heterocycles. The SMILES string of the molecule is COc1cccc(C(C)(O)C2CCCCN2)c1. The number of hydrogen-bond acceptors (Lipinski definition) is 3. The van der Waals surface area contributed by atoms with Crippen LogP contribution in [0.1, 0.15) is 31.7 Å². The number of hydrogen-bond donors (Lipinski definition) is 2.